The Hall–Kier alpha value is 0.230. The second-order valence-corrected chi connectivity index (χ2v) is 5.38. The first-order chi connectivity index (χ1) is 6.59. The smallest absolute Gasteiger partial charge is 0.369 e. The summed E-state index contributed by atoms with van der Waals surface area (Å²) >= 11 is 3.29. The van der Waals surface area contributed by atoms with Gasteiger partial charge in [-0.15, -0.1) is 0 Å². The quantitative estimate of drug-likeness (QED) is 0.711. The van der Waals surface area contributed by atoms with Gasteiger partial charge in [-0.2, -0.15) is 13.2 Å². The normalized spacial score (nSPS) is 17.6. The molecule has 2 atom stereocenters. The van der Waals surface area contributed by atoms with Crippen LogP contribution in [0.1, 0.15) is 27.7 Å². The second-order valence-electron chi connectivity index (χ2n) is 4.73. The van der Waals surface area contributed by atoms with E-state index in [1.165, 1.54) is 0 Å². The Morgan fingerprint density at radius 1 is 1.20 bits per heavy atom. The van der Waals surface area contributed by atoms with Crippen molar-refractivity contribution in [1.82, 2.24) is 0 Å². The van der Waals surface area contributed by atoms with E-state index >= 15 is 0 Å². The lowest BCUT2D eigenvalue weighted by molar-refractivity contribution is -0.218. The summed E-state index contributed by atoms with van der Waals surface area (Å²) in [6.07, 6.45) is -5.96. The fourth-order valence-corrected chi connectivity index (χ4v) is 2.04. The summed E-state index contributed by atoms with van der Waals surface area (Å²) in [5.74, 6) is 0.0716. The molecule has 92 valence electrons. The highest BCUT2D eigenvalue weighted by Gasteiger charge is 2.37. The molecule has 0 fully saturated rings. The Bertz CT molecular complexity index is 186. The average Bonchev–Trinajstić information content (AvgIpc) is 2.00. The van der Waals surface area contributed by atoms with Gasteiger partial charge in [-0.3, -0.25) is 0 Å². The molecule has 0 saturated carbocycles. The maximum atomic E-state index is 12.2. The van der Waals surface area contributed by atoms with Crippen LogP contribution in [-0.2, 0) is 4.74 Å². The molecule has 2 unspecified atom stereocenters. The molecular weight excluding hydrogens is 273 g/mol. The summed E-state index contributed by atoms with van der Waals surface area (Å²) in [5, 5.41) is 0.640. The van der Waals surface area contributed by atoms with Crippen LogP contribution in [0.5, 0.6) is 0 Å². The number of hydrogen-bond acceptors (Lipinski definition) is 1. The van der Waals surface area contributed by atoms with Gasteiger partial charge in [0.25, 0.3) is 0 Å². The van der Waals surface area contributed by atoms with Gasteiger partial charge < -0.3 is 4.74 Å². The minimum Gasteiger partial charge on any atom is -0.369 e. The Labute approximate surface area is 97.5 Å². The van der Waals surface area contributed by atoms with Gasteiger partial charge in [0.1, 0.15) is 0 Å². The predicted octanol–water partition coefficient (Wildman–Crippen LogP) is 4.01. The lowest BCUT2D eigenvalue weighted by Gasteiger charge is -2.30. The third-order valence-corrected chi connectivity index (χ3v) is 3.20. The van der Waals surface area contributed by atoms with E-state index in [0.717, 1.165) is 6.92 Å². The van der Waals surface area contributed by atoms with E-state index in [1.807, 2.05) is 20.8 Å². The van der Waals surface area contributed by atoms with E-state index in [-0.39, 0.29) is 17.9 Å². The van der Waals surface area contributed by atoms with Crippen molar-refractivity contribution in [2.75, 3.05) is 11.9 Å². The molecule has 0 rings (SSSR count). The Balaban J connectivity index is 4.14. The minimum absolute atomic E-state index is 0.0607. The number of rotatable bonds is 4. The van der Waals surface area contributed by atoms with Crippen molar-refractivity contribution >= 4 is 15.9 Å². The highest BCUT2D eigenvalue weighted by molar-refractivity contribution is 9.09. The molecule has 0 saturated heterocycles. The molecule has 15 heavy (non-hydrogen) atoms. The van der Waals surface area contributed by atoms with E-state index in [9.17, 15) is 13.2 Å². The largest absolute Gasteiger partial charge is 0.414 e. The van der Waals surface area contributed by atoms with Gasteiger partial charge in [-0.25, -0.2) is 0 Å². The standard InChI is InChI=1S/C10H18BrF3O/c1-7(10(12,13)14)15-6-8(5-11)9(2,3)4/h7-8H,5-6H2,1-4H3. The van der Waals surface area contributed by atoms with Gasteiger partial charge in [0, 0.05) is 5.33 Å². The lowest BCUT2D eigenvalue weighted by Crippen LogP contribution is -2.34. The Morgan fingerprint density at radius 3 is 1.93 bits per heavy atom. The summed E-state index contributed by atoms with van der Waals surface area (Å²) in [6, 6.07) is 0. The molecule has 0 aliphatic heterocycles. The van der Waals surface area contributed by atoms with E-state index < -0.39 is 12.3 Å². The molecule has 0 amide bonds. The highest BCUT2D eigenvalue weighted by Crippen LogP contribution is 2.29. The molecular formula is C10H18BrF3O. The minimum atomic E-state index is -4.27. The topological polar surface area (TPSA) is 9.23 Å². The first-order valence-electron chi connectivity index (χ1n) is 4.83. The first kappa shape index (κ1) is 15.2. The van der Waals surface area contributed by atoms with Gasteiger partial charge in [0.05, 0.1) is 6.61 Å². The molecule has 5 heteroatoms. The van der Waals surface area contributed by atoms with E-state index in [1.54, 1.807) is 0 Å². The van der Waals surface area contributed by atoms with E-state index in [0.29, 0.717) is 5.33 Å². The van der Waals surface area contributed by atoms with Crippen molar-refractivity contribution in [2.24, 2.45) is 11.3 Å². The molecule has 0 spiro atoms. The van der Waals surface area contributed by atoms with Crippen molar-refractivity contribution in [1.29, 1.82) is 0 Å². The van der Waals surface area contributed by atoms with Gasteiger partial charge in [-0.1, -0.05) is 36.7 Å². The summed E-state index contributed by atoms with van der Waals surface area (Å²) in [7, 11) is 0. The van der Waals surface area contributed by atoms with Crippen LogP contribution in [-0.4, -0.2) is 24.2 Å². The van der Waals surface area contributed by atoms with Crippen LogP contribution >= 0.6 is 15.9 Å². The zero-order valence-corrected chi connectivity index (χ0v) is 11.1. The van der Waals surface area contributed by atoms with E-state index in [4.69, 9.17) is 4.74 Å². The second kappa shape index (κ2) is 5.53. The number of alkyl halides is 4. The predicted molar refractivity (Wildman–Crippen MR) is 58.2 cm³/mol. The van der Waals surface area contributed by atoms with Crippen molar-refractivity contribution < 1.29 is 17.9 Å². The fourth-order valence-electron chi connectivity index (χ4n) is 0.881. The molecule has 1 nitrogen and oxygen atoms in total. The van der Waals surface area contributed by atoms with Crippen LogP contribution < -0.4 is 0 Å². The molecule has 0 aromatic heterocycles. The summed E-state index contributed by atoms with van der Waals surface area (Å²) < 4.78 is 41.3. The zero-order chi connectivity index (χ0) is 12.3. The molecule has 0 aliphatic carbocycles. The van der Waals surface area contributed by atoms with Crippen molar-refractivity contribution in [3.8, 4) is 0 Å². The maximum Gasteiger partial charge on any atom is 0.414 e. The van der Waals surface area contributed by atoms with Crippen LogP contribution in [0.25, 0.3) is 0 Å². The molecule has 0 aliphatic rings. The SMILES string of the molecule is CC(OCC(CBr)C(C)(C)C)C(F)(F)F. The van der Waals surface area contributed by atoms with E-state index in [2.05, 4.69) is 15.9 Å². The molecule has 0 radical (unpaired) electrons. The molecule has 0 N–H and O–H groups in total. The van der Waals surface area contributed by atoms with Gasteiger partial charge in [0.2, 0.25) is 0 Å². The monoisotopic (exact) mass is 290 g/mol. The van der Waals surface area contributed by atoms with Crippen LogP contribution in [0.2, 0.25) is 0 Å². The number of halogens is 4. The first-order valence-corrected chi connectivity index (χ1v) is 5.95. The number of ether oxygens (including phenoxy) is 1. The molecule has 0 aromatic rings. The highest BCUT2D eigenvalue weighted by atomic mass is 79.9. The zero-order valence-electron chi connectivity index (χ0n) is 9.49. The molecule has 0 heterocycles. The Kier molecular flexibility index (Phi) is 5.61. The molecule has 0 aromatic carbocycles. The molecule has 0 bridgehead atoms. The van der Waals surface area contributed by atoms with Crippen molar-refractivity contribution in [2.45, 2.75) is 40.0 Å². The van der Waals surface area contributed by atoms with Crippen LogP contribution in [0.3, 0.4) is 0 Å². The third kappa shape index (κ3) is 5.76. The van der Waals surface area contributed by atoms with Crippen LogP contribution in [0, 0.1) is 11.3 Å². The van der Waals surface area contributed by atoms with Crippen LogP contribution in [0.15, 0.2) is 0 Å². The van der Waals surface area contributed by atoms with Gasteiger partial charge in [0.15, 0.2) is 6.10 Å². The Morgan fingerprint density at radius 2 is 1.67 bits per heavy atom. The van der Waals surface area contributed by atoms with Crippen molar-refractivity contribution in [3.63, 3.8) is 0 Å². The van der Waals surface area contributed by atoms with Gasteiger partial charge in [-0.05, 0) is 18.3 Å². The van der Waals surface area contributed by atoms with Crippen LogP contribution in [0.4, 0.5) is 13.2 Å². The summed E-state index contributed by atoms with van der Waals surface area (Å²) in [5.41, 5.74) is -0.0607. The average molecular weight is 291 g/mol. The fraction of sp³-hybridized carbons (Fsp3) is 1.00. The van der Waals surface area contributed by atoms with Gasteiger partial charge >= 0.3 is 6.18 Å². The summed E-state index contributed by atoms with van der Waals surface area (Å²) in [6.45, 7) is 7.12. The van der Waals surface area contributed by atoms with Crippen molar-refractivity contribution in [3.05, 3.63) is 0 Å². The lowest BCUT2D eigenvalue weighted by atomic mass is 9.83. The maximum absolute atomic E-state index is 12.2. The summed E-state index contributed by atoms with van der Waals surface area (Å²) in [4.78, 5) is 0. The number of hydrogen-bond donors (Lipinski definition) is 0. The third-order valence-electron chi connectivity index (χ3n) is 2.42.